The molecule has 1 aliphatic rings. The quantitative estimate of drug-likeness (QED) is 0.509. The molecule has 0 fully saturated rings. The van der Waals surface area contributed by atoms with Crippen molar-refractivity contribution in [3.05, 3.63) is 39.9 Å². The lowest BCUT2D eigenvalue weighted by molar-refractivity contribution is -0.483. The van der Waals surface area contributed by atoms with E-state index in [0.717, 1.165) is 11.3 Å². The van der Waals surface area contributed by atoms with Crippen molar-refractivity contribution in [1.29, 1.82) is 0 Å². The summed E-state index contributed by atoms with van der Waals surface area (Å²) in [6.07, 6.45) is 0. The zero-order valence-corrected chi connectivity index (χ0v) is 6.97. The van der Waals surface area contributed by atoms with Crippen LogP contribution in [0, 0.1) is 10.1 Å². The summed E-state index contributed by atoms with van der Waals surface area (Å²) < 4.78 is 5.31. The first-order valence-corrected chi connectivity index (χ1v) is 4.11. The number of hydrogen-bond acceptors (Lipinski definition) is 3. The van der Waals surface area contributed by atoms with Gasteiger partial charge in [-0.25, -0.2) is 0 Å². The monoisotopic (exact) mass is 179 g/mol. The molecule has 1 aromatic carbocycles. The molecular weight excluding hydrogens is 170 g/mol. The van der Waals surface area contributed by atoms with Gasteiger partial charge >= 0.3 is 0 Å². The van der Waals surface area contributed by atoms with Crippen LogP contribution in [0.2, 0.25) is 0 Å². The lowest BCUT2D eigenvalue weighted by atomic mass is 10.0. The van der Waals surface area contributed by atoms with Gasteiger partial charge in [0.05, 0.1) is 5.92 Å². The number of nitro groups is 1. The molecule has 2 rings (SSSR count). The van der Waals surface area contributed by atoms with E-state index in [1.54, 1.807) is 0 Å². The molecule has 0 saturated heterocycles. The normalized spacial score (nSPS) is 19.2. The first kappa shape index (κ1) is 8.04. The Bertz CT molecular complexity index is 337. The summed E-state index contributed by atoms with van der Waals surface area (Å²) in [5.74, 6) is 0.709. The second-order valence-corrected chi connectivity index (χ2v) is 3.06. The molecule has 1 aromatic rings. The van der Waals surface area contributed by atoms with E-state index in [9.17, 15) is 10.1 Å². The van der Waals surface area contributed by atoms with Gasteiger partial charge in [-0.15, -0.1) is 0 Å². The van der Waals surface area contributed by atoms with Crippen molar-refractivity contribution in [2.75, 3.05) is 13.2 Å². The molecule has 4 nitrogen and oxygen atoms in total. The minimum absolute atomic E-state index is 0.0446. The molecule has 0 spiro atoms. The maximum absolute atomic E-state index is 10.3. The third-order valence-corrected chi connectivity index (χ3v) is 2.17. The molecule has 1 aliphatic heterocycles. The fraction of sp³-hybridized carbons (Fsp3) is 0.333. The van der Waals surface area contributed by atoms with Gasteiger partial charge in [0.25, 0.3) is 0 Å². The van der Waals surface area contributed by atoms with E-state index in [0.29, 0.717) is 6.61 Å². The Morgan fingerprint density at radius 2 is 2.31 bits per heavy atom. The van der Waals surface area contributed by atoms with Crippen LogP contribution in [0.1, 0.15) is 11.5 Å². The highest BCUT2D eigenvalue weighted by molar-refractivity contribution is 5.39. The van der Waals surface area contributed by atoms with Crippen molar-refractivity contribution in [2.45, 2.75) is 5.92 Å². The van der Waals surface area contributed by atoms with Crippen LogP contribution >= 0.6 is 0 Å². The lowest BCUT2D eigenvalue weighted by Gasteiger charge is -2.01. The minimum atomic E-state index is -0.296. The van der Waals surface area contributed by atoms with Gasteiger partial charge in [0.15, 0.2) is 0 Å². The van der Waals surface area contributed by atoms with Crippen LogP contribution in [0.5, 0.6) is 5.75 Å². The van der Waals surface area contributed by atoms with Crippen molar-refractivity contribution in [3.8, 4) is 5.75 Å². The smallest absolute Gasteiger partial charge is 0.214 e. The van der Waals surface area contributed by atoms with Crippen LogP contribution in [0.25, 0.3) is 0 Å². The molecule has 4 heteroatoms. The van der Waals surface area contributed by atoms with Crippen LogP contribution in [0.4, 0.5) is 0 Å². The van der Waals surface area contributed by atoms with Crippen LogP contribution in [-0.4, -0.2) is 18.1 Å². The fourth-order valence-electron chi connectivity index (χ4n) is 1.56. The fourth-order valence-corrected chi connectivity index (χ4v) is 1.56. The predicted molar refractivity (Wildman–Crippen MR) is 46.5 cm³/mol. The van der Waals surface area contributed by atoms with Crippen molar-refractivity contribution >= 4 is 0 Å². The number of hydrogen-bond donors (Lipinski definition) is 0. The Morgan fingerprint density at radius 1 is 1.54 bits per heavy atom. The number of para-hydroxylation sites is 1. The Labute approximate surface area is 75.3 Å². The van der Waals surface area contributed by atoms with E-state index in [2.05, 4.69) is 0 Å². The second-order valence-electron chi connectivity index (χ2n) is 3.06. The average molecular weight is 179 g/mol. The van der Waals surface area contributed by atoms with Crippen molar-refractivity contribution < 1.29 is 9.66 Å². The van der Waals surface area contributed by atoms with Crippen molar-refractivity contribution in [1.82, 2.24) is 0 Å². The summed E-state index contributed by atoms with van der Waals surface area (Å²) >= 11 is 0. The Kier molecular flexibility index (Phi) is 1.88. The maximum Gasteiger partial charge on any atom is 0.214 e. The molecule has 1 atom stereocenters. The van der Waals surface area contributed by atoms with Crippen molar-refractivity contribution in [2.24, 2.45) is 0 Å². The van der Waals surface area contributed by atoms with E-state index in [1.165, 1.54) is 0 Å². The summed E-state index contributed by atoms with van der Waals surface area (Å²) in [4.78, 5) is 10.0. The van der Waals surface area contributed by atoms with Gasteiger partial charge in [-0.1, -0.05) is 18.2 Å². The highest BCUT2D eigenvalue weighted by atomic mass is 16.6. The molecule has 1 unspecified atom stereocenters. The Morgan fingerprint density at radius 3 is 3.08 bits per heavy atom. The molecule has 68 valence electrons. The predicted octanol–water partition coefficient (Wildman–Crippen LogP) is 1.44. The standard InChI is InChI=1S/C9H9NO3/c11-10(12)5-7-6-13-9-4-2-1-3-8(7)9/h1-4,7H,5-6H2. The molecule has 0 aromatic heterocycles. The van der Waals surface area contributed by atoms with E-state index in [4.69, 9.17) is 4.74 Å². The summed E-state index contributed by atoms with van der Waals surface area (Å²) in [7, 11) is 0. The molecule has 0 bridgehead atoms. The maximum atomic E-state index is 10.3. The van der Waals surface area contributed by atoms with Gasteiger partial charge in [-0.2, -0.15) is 0 Å². The van der Waals surface area contributed by atoms with Crippen LogP contribution < -0.4 is 4.74 Å². The molecule has 0 N–H and O–H groups in total. The van der Waals surface area contributed by atoms with E-state index < -0.39 is 0 Å². The summed E-state index contributed by atoms with van der Waals surface area (Å²) in [6, 6.07) is 7.47. The third kappa shape index (κ3) is 1.47. The zero-order valence-electron chi connectivity index (χ0n) is 6.97. The summed E-state index contributed by atoms with van der Waals surface area (Å²) in [6.45, 7) is 0.386. The minimum Gasteiger partial charge on any atom is -0.492 e. The SMILES string of the molecule is O=[N+]([O-])CC1COc2ccccc21. The van der Waals surface area contributed by atoms with Crippen LogP contribution in [-0.2, 0) is 0 Å². The van der Waals surface area contributed by atoms with Crippen LogP contribution in [0.15, 0.2) is 24.3 Å². The highest BCUT2D eigenvalue weighted by Crippen LogP contribution is 2.33. The van der Waals surface area contributed by atoms with E-state index >= 15 is 0 Å². The average Bonchev–Trinajstić information content (AvgIpc) is 2.48. The number of nitrogens with zero attached hydrogens (tertiary/aromatic N) is 1. The van der Waals surface area contributed by atoms with Gasteiger partial charge in [0.2, 0.25) is 6.54 Å². The summed E-state index contributed by atoms with van der Waals surface area (Å²) in [5.41, 5.74) is 0.958. The Hall–Kier alpha value is -1.58. The first-order valence-electron chi connectivity index (χ1n) is 4.11. The molecule has 1 heterocycles. The molecule has 13 heavy (non-hydrogen) atoms. The summed E-state index contributed by atoms with van der Waals surface area (Å²) in [5, 5.41) is 10.3. The van der Waals surface area contributed by atoms with Gasteiger partial charge in [-0.3, -0.25) is 10.1 Å². The molecular formula is C9H9NO3. The van der Waals surface area contributed by atoms with Gasteiger partial charge < -0.3 is 4.74 Å². The van der Waals surface area contributed by atoms with Gasteiger partial charge in [-0.05, 0) is 6.07 Å². The van der Waals surface area contributed by atoms with Gasteiger partial charge in [0, 0.05) is 10.5 Å². The Balaban J connectivity index is 2.23. The zero-order chi connectivity index (χ0) is 9.26. The first-order chi connectivity index (χ1) is 6.27. The second kappa shape index (κ2) is 3.05. The molecule has 0 aliphatic carbocycles. The topological polar surface area (TPSA) is 52.4 Å². The third-order valence-electron chi connectivity index (χ3n) is 2.17. The number of benzene rings is 1. The molecule has 0 amide bonds. The van der Waals surface area contributed by atoms with E-state index in [1.807, 2.05) is 24.3 Å². The van der Waals surface area contributed by atoms with Crippen LogP contribution in [0.3, 0.4) is 0 Å². The number of fused-ring (bicyclic) bond motifs is 1. The largest absolute Gasteiger partial charge is 0.492 e. The molecule has 0 radical (unpaired) electrons. The number of ether oxygens (including phenoxy) is 1. The van der Waals surface area contributed by atoms with Gasteiger partial charge in [0.1, 0.15) is 12.4 Å². The van der Waals surface area contributed by atoms with Crippen molar-refractivity contribution in [3.63, 3.8) is 0 Å². The number of rotatable bonds is 2. The highest BCUT2D eigenvalue weighted by Gasteiger charge is 2.27. The molecule has 0 saturated carbocycles. The van der Waals surface area contributed by atoms with E-state index in [-0.39, 0.29) is 17.4 Å². The lowest BCUT2D eigenvalue weighted by Crippen LogP contribution is -2.13.